The first-order valence-corrected chi connectivity index (χ1v) is 10.5. The highest BCUT2D eigenvalue weighted by Crippen LogP contribution is 2.30. The number of anilines is 1. The van der Waals surface area contributed by atoms with Crippen LogP contribution < -0.4 is 10.1 Å². The number of aryl methyl sites for hydroxylation is 2. The summed E-state index contributed by atoms with van der Waals surface area (Å²) in [5, 5.41) is 3.60. The fourth-order valence-electron chi connectivity index (χ4n) is 3.69. The molecule has 6 heteroatoms. The molecular formula is C23H30ClN3O2. The van der Waals surface area contributed by atoms with E-state index in [1.807, 2.05) is 13.0 Å². The monoisotopic (exact) mass is 415 g/mol. The minimum absolute atomic E-state index is 0.0302. The first-order chi connectivity index (χ1) is 14.0. The lowest BCUT2D eigenvalue weighted by Gasteiger charge is -2.22. The second kappa shape index (κ2) is 10.1. The van der Waals surface area contributed by atoms with E-state index in [-0.39, 0.29) is 5.91 Å². The van der Waals surface area contributed by atoms with Crippen molar-refractivity contribution in [1.29, 1.82) is 0 Å². The number of hydrogen-bond acceptors (Lipinski definition) is 4. The van der Waals surface area contributed by atoms with Crippen LogP contribution in [0.4, 0.5) is 5.69 Å². The van der Waals surface area contributed by atoms with Crippen LogP contribution in [0.25, 0.3) is 0 Å². The third kappa shape index (κ3) is 5.95. The average molecular weight is 416 g/mol. The summed E-state index contributed by atoms with van der Waals surface area (Å²) in [5.41, 5.74) is 4.28. The lowest BCUT2D eigenvalue weighted by Crippen LogP contribution is -2.36. The Morgan fingerprint density at radius 3 is 2.55 bits per heavy atom. The first kappa shape index (κ1) is 21.6. The van der Waals surface area contributed by atoms with Crippen LogP contribution in [0.15, 0.2) is 36.4 Å². The standard InChI is InChI=1S/C23H30ClN3O2/c1-17-7-4-5-8-19(17)15-26-9-6-10-27(12-11-26)16-23(28)25-21-13-18(2)20(24)14-22(21)29-3/h4-5,7-8,13-14H,6,9-12,15-16H2,1-3H3,(H,25,28). The molecule has 1 saturated heterocycles. The SMILES string of the molecule is COc1cc(Cl)c(C)cc1NC(=O)CN1CCCN(Cc2ccccc2C)CC1. The molecule has 2 aromatic rings. The molecule has 1 fully saturated rings. The van der Waals surface area contributed by atoms with Gasteiger partial charge in [0.05, 0.1) is 19.3 Å². The van der Waals surface area contributed by atoms with Crippen LogP contribution in [0.1, 0.15) is 23.1 Å². The van der Waals surface area contributed by atoms with Crippen LogP contribution >= 0.6 is 11.6 Å². The average Bonchev–Trinajstić information content (AvgIpc) is 2.91. The van der Waals surface area contributed by atoms with E-state index in [9.17, 15) is 4.79 Å². The molecule has 0 radical (unpaired) electrons. The topological polar surface area (TPSA) is 44.8 Å². The lowest BCUT2D eigenvalue weighted by atomic mass is 10.1. The van der Waals surface area contributed by atoms with Crippen LogP contribution in [0.3, 0.4) is 0 Å². The largest absolute Gasteiger partial charge is 0.495 e. The van der Waals surface area contributed by atoms with Gasteiger partial charge in [-0.05, 0) is 56.1 Å². The Hall–Kier alpha value is -2.08. The predicted molar refractivity (Wildman–Crippen MR) is 119 cm³/mol. The number of benzene rings is 2. The molecule has 1 aliphatic rings. The van der Waals surface area contributed by atoms with Crippen LogP contribution in [0, 0.1) is 13.8 Å². The summed E-state index contributed by atoms with van der Waals surface area (Å²) in [6.07, 6.45) is 1.06. The van der Waals surface area contributed by atoms with E-state index in [0.717, 1.165) is 44.7 Å². The van der Waals surface area contributed by atoms with Gasteiger partial charge in [-0.1, -0.05) is 35.9 Å². The molecule has 0 atom stereocenters. The van der Waals surface area contributed by atoms with Gasteiger partial charge in [-0.2, -0.15) is 0 Å². The molecule has 1 N–H and O–H groups in total. The van der Waals surface area contributed by atoms with Crippen LogP contribution in [0.2, 0.25) is 5.02 Å². The number of carbonyl (C=O) groups is 1. The molecule has 156 valence electrons. The number of nitrogens with one attached hydrogen (secondary N) is 1. The van der Waals surface area contributed by atoms with Gasteiger partial charge in [-0.15, -0.1) is 0 Å². The van der Waals surface area contributed by atoms with Crippen molar-refractivity contribution in [2.75, 3.05) is 45.2 Å². The highest BCUT2D eigenvalue weighted by atomic mass is 35.5. The van der Waals surface area contributed by atoms with Gasteiger partial charge in [-0.25, -0.2) is 0 Å². The van der Waals surface area contributed by atoms with E-state index in [4.69, 9.17) is 16.3 Å². The van der Waals surface area contributed by atoms with Crippen LogP contribution in [-0.2, 0) is 11.3 Å². The van der Waals surface area contributed by atoms with Gasteiger partial charge in [0.2, 0.25) is 5.91 Å². The van der Waals surface area contributed by atoms with E-state index in [1.54, 1.807) is 13.2 Å². The number of amides is 1. The molecule has 0 bridgehead atoms. The van der Waals surface area contributed by atoms with Crippen molar-refractivity contribution in [2.24, 2.45) is 0 Å². The van der Waals surface area contributed by atoms with Gasteiger partial charge in [0.1, 0.15) is 5.75 Å². The molecular weight excluding hydrogens is 386 g/mol. The molecule has 2 aromatic carbocycles. The van der Waals surface area contributed by atoms with Gasteiger partial charge in [-0.3, -0.25) is 14.6 Å². The van der Waals surface area contributed by atoms with Gasteiger partial charge in [0, 0.05) is 30.7 Å². The maximum Gasteiger partial charge on any atom is 0.238 e. The van der Waals surface area contributed by atoms with Crippen molar-refractivity contribution in [2.45, 2.75) is 26.8 Å². The Bertz CT molecular complexity index is 856. The molecule has 1 aliphatic heterocycles. The van der Waals surface area contributed by atoms with E-state index >= 15 is 0 Å². The van der Waals surface area contributed by atoms with E-state index in [0.29, 0.717) is 23.0 Å². The van der Waals surface area contributed by atoms with Crippen molar-refractivity contribution in [1.82, 2.24) is 9.80 Å². The van der Waals surface area contributed by atoms with E-state index in [1.165, 1.54) is 11.1 Å². The Balaban J connectivity index is 1.54. The van der Waals surface area contributed by atoms with Gasteiger partial charge < -0.3 is 10.1 Å². The molecule has 1 amide bonds. The summed E-state index contributed by atoms with van der Waals surface area (Å²) in [6.45, 7) is 9.25. The van der Waals surface area contributed by atoms with Crippen LogP contribution in [-0.4, -0.2) is 55.5 Å². The zero-order valence-corrected chi connectivity index (χ0v) is 18.3. The lowest BCUT2D eigenvalue weighted by molar-refractivity contribution is -0.117. The van der Waals surface area contributed by atoms with E-state index < -0.39 is 0 Å². The maximum absolute atomic E-state index is 12.6. The molecule has 29 heavy (non-hydrogen) atoms. The second-order valence-electron chi connectivity index (χ2n) is 7.68. The Kier molecular flexibility index (Phi) is 7.53. The number of methoxy groups -OCH3 is 1. The minimum Gasteiger partial charge on any atom is -0.495 e. The van der Waals surface area contributed by atoms with Crippen molar-refractivity contribution in [3.05, 3.63) is 58.1 Å². The van der Waals surface area contributed by atoms with E-state index in [2.05, 4.69) is 46.3 Å². The summed E-state index contributed by atoms with van der Waals surface area (Å²) in [4.78, 5) is 17.3. The third-order valence-electron chi connectivity index (χ3n) is 5.46. The molecule has 0 aromatic heterocycles. The van der Waals surface area contributed by atoms with Crippen molar-refractivity contribution in [3.63, 3.8) is 0 Å². The molecule has 3 rings (SSSR count). The number of rotatable bonds is 6. The highest BCUT2D eigenvalue weighted by molar-refractivity contribution is 6.31. The number of carbonyl (C=O) groups excluding carboxylic acids is 1. The van der Waals surface area contributed by atoms with Gasteiger partial charge in [0.25, 0.3) is 0 Å². The summed E-state index contributed by atoms with van der Waals surface area (Å²) in [6, 6.07) is 12.1. The zero-order chi connectivity index (χ0) is 20.8. The second-order valence-corrected chi connectivity index (χ2v) is 8.09. The van der Waals surface area contributed by atoms with Gasteiger partial charge in [0.15, 0.2) is 0 Å². The Morgan fingerprint density at radius 1 is 1.07 bits per heavy atom. The summed E-state index contributed by atoms with van der Waals surface area (Å²) in [5.74, 6) is 0.548. The molecule has 0 aliphatic carbocycles. The molecule has 0 spiro atoms. The summed E-state index contributed by atoms with van der Waals surface area (Å²) < 4.78 is 5.35. The molecule has 5 nitrogen and oxygen atoms in total. The predicted octanol–water partition coefficient (Wildman–Crippen LogP) is 4.11. The Morgan fingerprint density at radius 2 is 1.79 bits per heavy atom. The van der Waals surface area contributed by atoms with Crippen LogP contribution in [0.5, 0.6) is 5.75 Å². The summed E-state index contributed by atoms with van der Waals surface area (Å²) >= 11 is 6.15. The van der Waals surface area contributed by atoms with Gasteiger partial charge >= 0.3 is 0 Å². The fraction of sp³-hybridized carbons (Fsp3) is 0.435. The number of ether oxygens (including phenoxy) is 1. The van der Waals surface area contributed by atoms with Crippen molar-refractivity contribution < 1.29 is 9.53 Å². The number of halogens is 1. The first-order valence-electron chi connectivity index (χ1n) is 10.1. The normalized spacial score (nSPS) is 15.7. The molecule has 1 heterocycles. The maximum atomic E-state index is 12.6. The third-order valence-corrected chi connectivity index (χ3v) is 5.87. The highest BCUT2D eigenvalue weighted by Gasteiger charge is 2.18. The number of nitrogens with zero attached hydrogens (tertiary/aromatic N) is 2. The fourth-order valence-corrected chi connectivity index (χ4v) is 3.85. The zero-order valence-electron chi connectivity index (χ0n) is 17.5. The minimum atomic E-state index is -0.0302. The quantitative estimate of drug-likeness (QED) is 0.771. The Labute approximate surface area is 178 Å². The molecule has 0 saturated carbocycles. The number of hydrogen-bond donors (Lipinski definition) is 1. The smallest absolute Gasteiger partial charge is 0.238 e. The summed E-state index contributed by atoms with van der Waals surface area (Å²) in [7, 11) is 1.58. The molecule has 0 unspecified atom stereocenters. The van der Waals surface area contributed by atoms with Crippen molar-refractivity contribution >= 4 is 23.2 Å². The van der Waals surface area contributed by atoms with Crippen molar-refractivity contribution in [3.8, 4) is 5.75 Å².